The minimum absolute atomic E-state index is 0.292. The van der Waals surface area contributed by atoms with Gasteiger partial charge in [0.2, 0.25) is 0 Å². The highest BCUT2D eigenvalue weighted by Gasteiger charge is 2.41. The molecule has 14 heavy (non-hydrogen) atoms. The van der Waals surface area contributed by atoms with Gasteiger partial charge in [-0.2, -0.15) is 0 Å². The highest BCUT2D eigenvalue weighted by molar-refractivity contribution is 5.63. The zero-order chi connectivity index (χ0) is 10.3. The Morgan fingerprint density at radius 2 is 1.93 bits per heavy atom. The second kappa shape index (κ2) is 3.01. The number of anilines is 1. The lowest BCUT2D eigenvalue weighted by Gasteiger charge is -2.31. The molecular formula is C13H19N. The molecule has 0 N–H and O–H groups in total. The minimum Gasteiger partial charge on any atom is -0.371 e. The first-order valence-corrected chi connectivity index (χ1v) is 5.41. The van der Waals surface area contributed by atoms with Gasteiger partial charge in [-0.3, -0.25) is 0 Å². The van der Waals surface area contributed by atoms with Gasteiger partial charge in [-0.15, -0.1) is 0 Å². The summed E-state index contributed by atoms with van der Waals surface area (Å²) in [6.45, 7) is 6.97. The molecule has 0 radical (unpaired) electrons. The van der Waals surface area contributed by atoms with Crippen LogP contribution >= 0.6 is 0 Å². The van der Waals surface area contributed by atoms with Crippen molar-refractivity contribution < 1.29 is 0 Å². The number of benzene rings is 1. The van der Waals surface area contributed by atoms with Crippen molar-refractivity contribution in [3.8, 4) is 0 Å². The number of nitrogens with zero attached hydrogens (tertiary/aromatic N) is 1. The number of fused-ring (bicyclic) bond motifs is 1. The molecule has 1 aromatic rings. The molecule has 0 aromatic heterocycles. The maximum atomic E-state index is 2.43. The van der Waals surface area contributed by atoms with Gasteiger partial charge in [0.1, 0.15) is 0 Å². The van der Waals surface area contributed by atoms with Crippen molar-refractivity contribution in [3.05, 3.63) is 29.8 Å². The number of para-hydroxylation sites is 1. The van der Waals surface area contributed by atoms with Gasteiger partial charge in [0.25, 0.3) is 0 Å². The monoisotopic (exact) mass is 189 g/mol. The Kier molecular flexibility index (Phi) is 2.06. The number of hydrogen-bond donors (Lipinski definition) is 0. The van der Waals surface area contributed by atoms with Gasteiger partial charge in [0, 0.05) is 24.2 Å². The van der Waals surface area contributed by atoms with Gasteiger partial charge in [-0.05, 0) is 18.1 Å². The topological polar surface area (TPSA) is 3.24 Å². The Labute approximate surface area is 86.7 Å². The Balaban J connectivity index is 2.55. The van der Waals surface area contributed by atoms with E-state index < -0.39 is 0 Å². The molecule has 1 heterocycles. The van der Waals surface area contributed by atoms with Crippen molar-refractivity contribution in [1.29, 1.82) is 0 Å². The fourth-order valence-electron chi connectivity index (χ4n) is 2.94. The lowest BCUT2D eigenvalue weighted by Crippen LogP contribution is -2.38. The summed E-state index contributed by atoms with van der Waals surface area (Å²) < 4.78 is 0. The molecule has 0 saturated carbocycles. The predicted octanol–water partition coefficient (Wildman–Crippen LogP) is 3.19. The fourth-order valence-corrected chi connectivity index (χ4v) is 2.94. The molecule has 1 nitrogen and oxygen atoms in total. The van der Waals surface area contributed by atoms with Crippen LogP contribution in [0, 0.1) is 0 Å². The SMILES string of the molecule is CCC1N(C)c2ccccc2C1(C)C. The Morgan fingerprint density at radius 3 is 2.50 bits per heavy atom. The molecule has 1 heteroatoms. The smallest absolute Gasteiger partial charge is 0.0405 e. The van der Waals surface area contributed by atoms with Crippen molar-refractivity contribution in [2.45, 2.75) is 38.6 Å². The summed E-state index contributed by atoms with van der Waals surface area (Å²) in [6.07, 6.45) is 1.21. The standard InChI is InChI=1S/C13H19N/c1-5-12-13(2,3)10-8-6-7-9-11(10)14(12)4/h6-9,12H,5H2,1-4H3. The van der Waals surface area contributed by atoms with Crippen LogP contribution in [0.5, 0.6) is 0 Å². The molecule has 1 unspecified atom stereocenters. The van der Waals surface area contributed by atoms with Crippen molar-refractivity contribution in [2.24, 2.45) is 0 Å². The third-order valence-corrected chi connectivity index (χ3v) is 3.67. The zero-order valence-corrected chi connectivity index (χ0v) is 9.54. The van der Waals surface area contributed by atoms with Gasteiger partial charge >= 0.3 is 0 Å². The first-order valence-electron chi connectivity index (χ1n) is 5.41. The van der Waals surface area contributed by atoms with E-state index >= 15 is 0 Å². The van der Waals surface area contributed by atoms with E-state index in [9.17, 15) is 0 Å². The van der Waals surface area contributed by atoms with Crippen molar-refractivity contribution >= 4 is 5.69 Å². The average Bonchev–Trinajstić information content (AvgIpc) is 2.36. The third kappa shape index (κ3) is 1.08. The predicted molar refractivity (Wildman–Crippen MR) is 62.0 cm³/mol. The van der Waals surface area contributed by atoms with Crippen molar-refractivity contribution in [2.75, 3.05) is 11.9 Å². The van der Waals surface area contributed by atoms with Crippen molar-refractivity contribution in [3.63, 3.8) is 0 Å². The van der Waals surface area contributed by atoms with E-state index in [1.165, 1.54) is 17.7 Å². The molecule has 1 aliphatic heterocycles. The van der Waals surface area contributed by atoms with Crippen LogP contribution in [0.1, 0.15) is 32.8 Å². The van der Waals surface area contributed by atoms with E-state index in [-0.39, 0.29) is 0 Å². The molecular weight excluding hydrogens is 170 g/mol. The molecule has 0 fully saturated rings. The number of hydrogen-bond acceptors (Lipinski definition) is 1. The lowest BCUT2D eigenvalue weighted by atomic mass is 9.79. The molecule has 1 atom stereocenters. The second-order valence-corrected chi connectivity index (χ2v) is 4.77. The summed E-state index contributed by atoms with van der Waals surface area (Å²) in [5, 5.41) is 0. The number of rotatable bonds is 1. The largest absolute Gasteiger partial charge is 0.371 e. The van der Waals surface area contributed by atoms with Crippen LogP contribution in [-0.4, -0.2) is 13.1 Å². The van der Waals surface area contributed by atoms with Crippen LogP contribution in [0.2, 0.25) is 0 Å². The van der Waals surface area contributed by atoms with Crippen LogP contribution in [-0.2, 0) is 5.41 Å². The highest BCUT2D eigenvalue weighted by atomic mass is 15.2. The van der Waals surface area contributed by atoms with E-state index in [0.717, 1.165) is 0 Å². The summed E-state index contributed by atoms with van der Waals surface area (Å²) in [4.78, 5) is 2.43. The Bertz CT molecular complexity index is 341. The fraction of sp³-hybridized carbons (Fsp3) is 0.538. The zero-order valence-electron chi connectivity index (χ0n) is 9.54. The summed E-state index contributed by atoms with van der Waals surface area (Å²) >= 11 is 0. The van der Waals surface area contributed by atoms with E-state index in [1.807, 2.05) is 0 Å². The highest BCUT2D eigenvalue weighted by Crippen LogP contribution is 2.44. The Hall–Kier alpha value is -0.980. The summed E-state index contributed by atoms with van der Waals surface area (Å²) in [5.41, 5.74) is 3.19. The normalized spacial score (nSPS) is 23.7. The number of likely N-dealkylation sites (N-methyl/N-ethyl adjacent to an activating group) is 1. The van der Waals surface area contributed by atoms with Crippen LogP contribution in [0.25, 0.3) is 0 Å². The second-order valence-electron chi connectivity index (χ2n) is 4.77. The molecule has 2 rings (SSSR count). The van der Waals surface area contributed by atoms with Crippen LogP contribution in [0.4, 0.5) is 5.69 Å². The van der Waals surface area contributed by atoms with Gasteiger partial charge in [0.15, 0.2) is 0 Å². The van der Waals surface area contributed by atoms with Crippen molar-refractivity contribution in [1.82, 2.24) is 0 Å². The van der Waals surface area contributed by atoms with Crippen LogP contribution in [0.3, 0.4) is 0 Å². The van der Waals surface area contributed by atoms with E-state index in [1.54, 1.807) is 0 Å². The Morgan fingerprint density at radius 1 is 1.29 bits per heavy atom. The molecule has 0 spiro atoms. The van der Waals surface area contributed by atoms with Gasteiger partial charge in [-0.1, -0.05) is 39.0 Å². The minimum atomic E-state index is 0.292. The van der Waals surface area contributed by atoms with Gasteiger partial charge in [0.05, 0.1) is 0 Å². The molecule has 1 aromatic carbocycles. The quantitative estimate of drug-likeness (QED) is 0.655. The first-order chi connectivity index (χ1) is 6.59. The molecule has 0 saturated heterocycles. The van der Waals surface area contributed by atoms with E-state index in [2.05, 4.69) is 57.0 Å². The summed E-state index contributed by atoms with van der Waals surface area (Å²) in [7, 11) is 2.21. The average molecular weight is 189 g/mol. The molecule has 0 amide bonds. The molecule has 1 aliphatic rings. The van der Waals surface area contributed by atoms with E-state index in [4.69, 9.17) is 0 Å². The van der Waals surface area contributed by atoms with Gasteiger partial charge in [-0.25, -0.2) is 0 Å². The maximum absolute atomic E-state index is 2.43. The van der Waals surface area contributed by atoms with E-state index in [0.29, 0.717) is 11.5 Å². The molecule has 0 aliphatic carbocycles. The summed E-state index contributed by atoms with van der Waals surface area (Å²) in [6, 6.07) is 9.41. The first kappa shape index (κ1) is 9.57. The maximum Gasteiger partial charge on any atom is 0.0405 e. The van der Waals surface area contributed by atoms with Gasteiger partial charge < -0.3 is 4.90 Å². The third-order valence-electron chi connectivity index (χ3n) is 3.67. The summed E-state index contributed by atoms with van der Waals surface area (Å²) in [5.74, 6) is 0. The van der Waals surface area contributed by atoms with Crippen LogP contribution in [0.15, 0.2) is 24.3 Å². The lowest BCUT2D eigenvalue weighted by molar-refractivity contribution is 0.417. The van der Waals surface area contributed by atoms with Crippen LogP contribution < -0.4 is 4.90 Å². The molecule has 76 valence electrons. The molecule has 0 bridgehead atoms.